The van der Waals surface area contributed by atoms with Crippen molar-refractivity contribution < 1.29 is 13.9 Å². The molecule has 3 nitrogen and oxygen atoms in total. The average molecular weight is 347 g/mol. The Hall–Kier alpha value is -3.40. The van der Waals surface area contributed by atoms with E-state index in [-0.39, 0.29) is 11.7 Å². The van der Waals surface area contributed by atoms with E-state index in [4.69, 9.17) is 4.74 Å². The SMILES string of the molecule is O=C(/C=C/c1cccc(OCc2ccccc2)c1)Nc1ccc(F)cc1. The van der Waals surface area contributed by atoms with Crippen LogP contribution in [0.15, 0.2) is 84.9 Å². The van der Waals surface area contributed by atoms with Gasteiger partial charge in [0.15, 0.2) is 0 Å². The molecule has 0 saturated heterocycles. The minimum atomic E-state index is -0.342. The number of hydrogen-bond donors (Lipinski definition) is 1. The predicted molar refractivity (Wildman–Crippen MR) is 101 cm³/mol. The largest absolute Gasteiger partial charge is 0.489 e. The molecule has 0 aliphatic heterocycles. The van der Waals surface area contributed by atoms with Crippen LogP contribution in [0.1, 0.15) is 11.1 Å². The Kier molecular flexibility index (Phi) is 5.78. The quantitative estimate of drug-likeness (QED) is 0.633. The zero-order valence-corrected chi connectivity index (χ0v) is 14.1. The van der Waals surface area contributed by atoms with Gasteiger partial charge in [-0.1, -0.05) is 42.5 Å². The topological polar surface area (TPSA) is 38.3 Å². The van der Waals surface area contributed by atoms with Crippen molar-refractivity contribution in [3.8, 4) is 5.75 Å². The summed E-state index contributed by atoms with van der Waals surface area (Å²) in [5.74, 6) is 0.105. The summed E-state index contributed by atoms with van der Waals surface area (Å²) in [7, 11) is 0. The van der Waals surface area contributed by atoms with Crippen molar-refractivity contribution >= 4 is 17.7 Å². The first-order valence-electron chi connectivity index (χ1n) is 8.20. The summed E-state index contributed by atoms with van der Waals surface area (Å²) in [4.78, 5) is 11.9. The molecule has 26 heavy (non-hydrogen) atoms. The van der Waals surface area contributed by atoms with Gasteiger partial charge in [0.25, 0.3) is 0 Å². The number of benzene rings is 3. The molecule has 0 unspecified atom stereocenters. The third kappa shape index (κ3) is 5.31. The number of ether oxygens (including phenoxy) is 1. The summed E-state index contributed by atoms with van der Waals surface area (Å²) in [6, 6.07) is 23.0. The predicted octanol–water partition coefficient (Wildman–Crippen LogP) is 5.06. The maximum Gasteiger partial charge on any atom is 0.248 e. The van der Waals surface area contributed by atoms with E-state index in [2.05, 4.69) is 5.32 Å². The van der Waals surface area contributed by atoms with Crippen LogP contribution in [0.5, 0.6) is 5.75 Å². The lowest BCUT2D eigenvalue weighted by molar-refractivity contribution is -0.111. The minimum absolute atomic E-state index is 0.285. The van der Waals surface area contributed by atoms with Gasteiger partial charge in [0, 0.05) is 11.8 Å². The molecule has 0 heterocycles. The van der Waals surface area contributed by atoms with Gasteiger partial charge in [0.2, 0.25) is 5.91 Å². The maximum atomic E-state index is 12.9. The molecule has 4 heteroatoms. The molecule has 3 aromatic carbocycles. The lowest BCUT2D eigenvalue weighted by Crippen LogP contribution is -2.07. The van der Waals surface area contributed by atoms with Crippen molar-refractivity contribution in [3.63, 3.8) is 0 Å². The highest BCUT2D eigenvalue weighted by atomic mass is 19.1. The Morgan fingerprint density at radius 2 is 1.73 bits per heavy atom. The van der Waals surface area contributed by atoms with E-state index in [0.717, 1.165) is 16.9 Å². The van der Waals surface area contributed by atoms with E-state index >= 15 is 0 Å². The molecule has 1 amide bonds. The summed E-state index contributed by atoms with van der Waals surface area (Å²) in [5, 5.41) is 2.68. The average Bonchev–Trinajstić information content (AvgIpc) is 2.68. The number of halogens is 1. The van der Waals surface area contributed by atoms with Crippen LogP contribution in [-0.2, 0) is 11.4 Å². The molecule has 0 aliphatic carbocycles. The van der Waals surface area contributed by atoms with Crippen molar-refractivity contribution in [3.05, 3.63) is 102 Å². The molecule has 1 N–H and O–H groups in total. The van der Waals surface area contributed by atoms with Gasteiger partial charge >= 0.3 is 0 Å². The number of hydrogen-bond acceptors (Lipinski definition) is 2. The Labute approximate surface area is 151 Å². The van der Waals surface area contributed by atoms with E-state index in [1.54, 1.807) is 6.08 Å². The van der Waals surface area contributed by atoms with E-state index in [1.807, 2.05) is 54.6 Å². The molecular formula is C22H18FNO2. The van der Waals surface area contributed by atoms with Crippen molar-refractivity contribution in [1.82, 2.24) is 0 Å². The molecule has 0 radical (unpaired) electrons. The van der Waals surface area contributed by atoms with Crippen molar-refractivity contribution in [1.29, 1.82) is 0 Å². The number of carbonyl (C=O) groups excluding carboxylic acids is 1. The lowest BCUT2D eigenvalue weighted by atomic mass is 10.2. The fourth-order valence-corrected chi connectivity index (χ4v) is 2.34. The standard InChI is InChI=1S/C22H18FNO2/c23-19-10-12-20(13-11-19)24-22(25)14-9-17-7-4-8-21(15-17)26-16-18-5-2-1-3-6-18/h1-15H,16H2,(H,24,25)/b14-9+. The molecule has 0 aromatic heterocycles. The van der Waals surface area contributed by atoms with Crippen molar-refractivity contribution in [2.24, 2.45) is 0 Å². The normalized spacial score (nSPS) is 10.7. The third-order valence-corrected chi connectivity index (χ3v) is 3.65. The third-order valence-electron chi connectivity index (χ3n) is 3.65. The van der Waals surface area contributed by atoms with Crippen LogP contribution < -0.4 is 10.1 Å². The van der Waals surface area contributed by atoms with Gasteiger partial charge in [-0.15, -0.1) is 0 Å². The first kappa shape index (κ1) is 17.4. The summed E-state index contributed by atoms with van der Waals surface area (Å²) in [5.41, 5.74) is 2.48. The van der Waals surface area contributed by atoms with Crippen molar-refractivity contribution in [2.75, 3.05) is 5.32 Å². The first-order chi connectivity index (χ1) is 12.7. The van der Waals surface area contributed by atoms with Gasteiger partial charge < -0.3 is 10.1 Å². The lowest BCUT2D eigenvalue weighted by Gasteiger charge is -2.07. The van der Waals surface area contributed by atoms with Gasteiger partial charge in [0.1, 0.15) is 18.2 Å². The zero-order valence-electron chi connectivity index (χ0n) is 14.1. The summed E-state index contributed by atoms with van der Waals surface area (Å²) in [6.07, 6.45) is 3.13. The Bertz CT molecular complexity index is 890. The zero-order chi connectivity index (χ0) is 18.2. The second kappa shape index (κ2) is 8.62. The molecule has 0 atom stereocenters. The highest BCUT2D eigenvalue weighted by Gasteiger charge is 2.00. The molecule has 130 valence electrons. The summed E-state index contributed by atoms with van der Waals surface area (Å²) in [6.45, 7) is 0.485. The molecule has 0 saturated carbocycles. The molecule has 0 fully saturated rings. The van der Waals surface area contributed by atoms with E-state index in [9.17, 15) is 9.18 Å². The minimum Gasteiger partial charge on any atom is -0.489 e. The number of amides is 1. The highest BCUT2D eigenvalue weighted by molar-refractivity contribution is 6.01. The molecule has 0 aliphatic rings. The van der Waals surface area contributed by atoms with E-state index < -0.39 is 0 Å². The number of rotatable bonds is 6. The number of anilines is 1. The maximum absolute atomic E-state index is 12.9. The van der Waals surface area contributed by atoms with Crippen LogP contribution in [-0.4, -0.2) is 5.91 Å². The number of carbonyl (C=O) groups is 1. The van der Waals surface area contributed by atoms with Gasteiger partial charge in [-0.2, -0.15) is 0 Å². The van der Waals surface area contributed by atoms with Gasteiger partial charge in [-0.3, -0.25) is 4.79 Å². The molecule has 0 spiro atoms. The van der Waals surface area contributed by atoms with E-state index in [0.29, 0.717) is 12.3 Å². The summed E-state index contributed by atoms with van der Waals surface area (Å²) < 4.78 is 18.6. The molecule has 3 rings (SSSR count). The number of nitrogens with one attached hydrogen (secondary N) is 1. The molecule has 3 aromatic rings. The van der Waals surface area contributed by atoms with Gasteiger partial charge in [0.05, 0.1) is 0 Å². The smallest absolute Gasteiger partial charge is 0.248 e. The summed E-state index contributed by atoms with van der Waals surface area (Å²) >= 11 is 0. The second-order valence-corrected chi connectivity index (χ2v) is 5.68. The van der Waals surface area contributed by atoms with Crippen molar-refractivity contribution in [2.45, 2.75) is 6.61 Å². The van der Waals surface area contributed by atoms with Gasteiger partial charge in [-0.25, -0.2) is 4.39 Å². The molecule has 0 bridgehead atoms. The first-order valence-corrected chi connectivity index (χ1v) is 8.20. The Morgan fingerprint density at radius 3 is 2.50 bits per heavy atom. The van der Waals surface area contributed by atoms with Crippen LogP contribution >= 0.6 is 0 Å². The second-order valence-electron chi connectivity index (χ2n) is 5.68. The van der Waals surface area contributed by atoms with E-state index in [1.165, 1.54) is 30.3 Å². The fraction of sp³-hybridized carbons (Fsp3) is 0.0455. The van der Waals surface area contributed by atoms with Crippen LogP contribution in [0, 0.1) is 5.82 Å². The fourth-order valence-electron chi connectivity index (χ4n) is 2.34. The van der Waals surface area contributed by atoms with Crippen LogP contribution in [0.25, 0.3) is 6.08 Å². The Balaban J connectivity index is 1.58. The van der Waals surface area contributed by atoms with Crippen LogP contribution in [0.3, 0.4) is 0 Å². The van der Waals surface area contributed by atoms with Crippen LogP contribution in [0.2, 0.25) is 0 Å². The van der Waals surface area contributed by atoms with Crippen LogP contribution in [0.4, 0.5) is 10.1 Å². The Morgan fingerprint density at radius 1 is 0.962 bits per heavy atom. The van der Waals surface area contributed by atoms with Gasteiger partial charge in [-0.05, 0) is 53.6 Å². The highest BCUT2D eigenvalue weighted by Crippen LogP contribution is 2.16. The monoisotopic (exact) mass is 347 g/mol. The molecular weight excluding hydrogens is 329 g/mol.